The Morgan fingerprint density at radius 1 is 1.22 bits per heavy atom. The number of benzene rings is 1. The van der Waals surface area contributed by atoms with Gasteiger partial charge >= 0.3 is 0 Å². The van der Waals surface area contributed by atoms with E-state index in [0.29, 0.717) is 43.7 Å². The number of halogens is 2. The summed E-state index contributed by atoms with van der Waals surface area (Å²) >= 11 is 5.86. The van der Waals surface area contributed by atoms with E-state index >= 15 is 0 Å². The number of rotatable bonds is 7. The fourth-order valence-electron chi connectivity index (χ4n) is 4.22. The van der Waals surface area contributed by atoms with Gasteiger partial charge in [0.1, 0.15) is 5.82 Å². The summed E-state index contributed by atoms with van der Waals surface area (Å²) in [7, 11) is 1.65. The lowest BCUT2D eigenvalue weighted by atomic mass is 9.69. The lowest BCUT2D eigenvalue weighted by molar-refractivity contribution is -0.133. The number of ether oxygens (including phenoxy) is 1. The zero-order valence-electron chi connectivity index (χ0n) is 17.7. The zero-order valence-corrected chi connectivity index (χ0v) is 18.5. The number of carbonyl (C=O) groups excluding carboxylic acids is 1. The van der Waals surface area contributed by atoms with Gasteiger partial charge < -0.3 is 15.4 Å². The van der Waals surface area contributed by atoms with Crippen molar-refractivity contribution in [3.63, 3.8) is 0 Å². The molecule has 3 N–H and O–H groups in total. The van der Waals surface area contributed by atoms with E-state index in [2.05, 4.69) is 25.8 Å². The first-order valence-corrected chi connectivity index (χ1v) is 10.9. The van der Waals surface area contributed by atoms with Gasteiger partial charge in [0.2, 0.25) is 5.91 Å². The Morgan fingerprint density at radius 3 is 2.72 bits per heavy atom. The highest BCUT2D eigenvalue weighted by atomic mass is 35.5. The summed E-state index contributed by atoms with van der Waals surface area (Å²) in [6.45, 7) is 0. The van der Waals surface area contributed by atoms with Crippen LogP contribution in [0.5, 0.6) is 5.75 Å². The fraction of sp³-hybridized carbons (Fsp3) is 0.348. The van der Waals surface area contributed by atoms with Gasteiger partial charge in [-0.2, -0.15) is 5.10 Å². The molecular formula is C23H25ClFN5O2. The Balaban J connectivity index is 1.46. The Hall–Kier alpha value is -3.13. The fourth-order valence-corrected chi connectivity index (χ4v) is 4.39. The third-order valence-electron chi connectivity index (χ3n) is 5.89. The molecular weight excluding hydrogens is 433 g/mol. The van der Waals surface area contributed by atoms with Crippen LogP contribution in [0.1, 0.15) is 31.4 Å². The van der Waals surface area contributed by atoms with Gasteiger partial charge in [-0.3, -0.25) is 9.89 Å². The molecule has 1 amide bonds. The van der Waals surface area contributed by atoms with Gasteiger partial charge in [0.05, 0.1) is 16.5 Å². The molecule has 2 heterocycles. The number of carbonyl (C=O) groups is 1. The van der Waals surface area contributed by atoms with Crippen molar-refractivity contribution < 1.29 is 13.9 Å². The van der Waals surface area contributed by atoms with E-state index in [9.17, 15) is 9.18 Å². The number of aromatic nitrogens is 3. The molecule has 3 aromatic rings. The van der Waals surface area contributed by atoms with Crippen molar-refractivity contribution in [2.45, 2.75) is 38.2 Å². The number of hydrogen-bond acceptors (Lipinski definition) is 5. The van der Waals surface area contributed by atoms with E-state index in [-0.39, 0.29) is 22.8 Å². The molecule has 4 rings (SSSR count). The molecule has 0 aliphatic heterocycles. The van der Waals surface area contributed by atoms with Crippen LogP contribution in [0.15, 0.2) is 48.7 Å². The maximum absolute atomic E-state index is 14.2. The van der Waals surface area contributed by atoms with E-state index in [1.807, 2.05) is 24.3 Å². The normalized spacial score (nSPS) is 20.5. The van der Waals surface area contributed by atoms with Crippen LogP contribution in [0.3, 0.4) is 0 Å². The molecule has 2 aromatic heterocycles. The standard InChI is InChI=1S/C23H25ClFN5O2/c1-26-22(31)23(14-15-4-2-7-19(28-15)29-20-10-13-27-30-20)11-8-16(9-12-23)32-18-6-3-5-17(24)21(18)25/h2-7,10,13,16H,8-9,11-12,14H2,1H3,(H,26,31)(H2,27,28,29,30)/t16-,23-. The topological polar surface area (TPSA) is 91.9 Å². The quantitative estimate of drug-likeness (QED) is 0.480. The molecule has 1 aliphatic rings. The summed E-state index contributed by atoms with van der Waals surface area (Å²) in [5, 5.41) is 12.8. The first kappa shape index (κ1) is 22.1. The minimum Gasteiger partial charge on any atom is -0.487 e. The number of amides is 1. The number of aromatic amines is 1. The monoisotopic (exact) mass is 457 g/mol. The van der Waals surface area contributed by atoms with Crippen LogP contribution in [0.2, 0.25) is 5.02 Å². The van der Waals surface area contributed by atoms with Gasteiger partial charge in [0, 0.05) is 31.4 Å². The Labute approximate surface area is 190 Å². The summed E-state index contributed by atoms with van der Waals surface area (Å²) in [6, 6.07) is 12.2. The van der Waals surface area contributed by atoms with Crippen molar-refractivity contribution in [3.05, 3.63) is 65.2 Å². The van der Waals surface area contributed by atoms with Crippen molar-refractivity contribution in [1.29, 1.82) is 0 Å². The first-order chi connectivity index (χ1) is 15.5. The number of nitrogens with one attached hydrogen (secondary N) is 3. The second-order valence-electron chi connectivity index (χ2n) is 8.00. The van der Waals surface area contributed by atoms with Gasteiger partial charge in [0.15, 0.2) is 17.4 Å². The minimum atomic E-state index is -0.598. The maximum Gasteiger partial charge on any atom is 0.226 e. The van der Waals surface area contributed by atoms with Gasteiger partial charge in [-0.25, -0.2) is 9.37 Å². The molecule has 0 spiro atoms. The van der Waals surface area contributed by atoms with E-state index in [4.69, 9.17) is 16.3 Å². The molecule has 168 valence electrons. The van der Waals surface area contributed by atoms with Crippen LogP contribution in [0.4, 0.5) is 16.0 Å². The van der Waals surface area contributed by atoms with Crippen molar-refractivity contribution >= 4 is 29.1 Å². The molecule has 0 saturated heterocycles. The number of pyridine rings is 1. The molecule has 1 saturated carbocycles. The molecule has 0 radical (unpaired) electrons. The third-order valence-corrected chi connectivity index (χ3v) is 6.18. The Kier molecular flexibility index (Phi) is 6.60. The largest absolute Gasteiger partial charge is 0.487 e. The molecule has 1 aliphatic carbocycles. The van der Waals surface area contributed by atoms with Gasteiger partial charge in [0.25, 0.3) is 0 Å². The van der Waals surface area contributed by atoms with Crippen molar-refractivity contribution in [2.24, 2.45) is 5.41 Å². The predicted octanol–water partition coefficient (Wildman–Crippen LogP) is 4.64. The highest BCUT2D eigenvalue weighted by Gasteiger charge is 2.42. The second kappa shape index (κ2) is 9.56. The molecule has 1 fully saturated rings. The zero-order chi connectivity index (χ0) is 22.6. The first-order valence-electron chi connectivity index (χ1n) is 10.5. The van der Waals surface area contributed by atoms with Gasteiger partial charge in [-0.15, -0.1) is 0 Å². The third kappa shape index (κ3) is 4.85. The van der Waals surface area contributed by atoms with Crippen LogP contribution in [0, 0.1) is 11.2 Å². The molecule has 0 unspecified atom stereocenters. The van der Waals surface area contributed by atoms with E-state index in [1.54, 1.807) is 25.4 Å². The van der Waals surface area contributed by atoms with E-state index < -0.39 is 11.2 Å². The molecule has 0 atom stereocenters. The van der Waals surface area contributed by atoms with Crippen molar-refractivity contribution in [1.82, 2.24) is 20.5 Å². The number of hydrogen-bond donors (Lipinski definition) is 3. The Morgan fingerprint density at radius 2 is 2.00 bits per heavy atom. The summed E-state index contributed by atoms with van der Waals surface area (Å²) in [4.78, 5) is 17.6. The highest BCUT2D eigenvalue weighted by molar-refractivity contribution is 6.30. The number of nitrogens with zero attached hydrogens (tertiary/aromatic N) is 2. The average Bonchev–Trinajstić information content (AvgIpc) is 3.31. The lowest BCUT2D eigenvalue weighted by Gasteiger charge is -2.38. The molecule has 7 nitrogen and oxygen atoms in total. The van der Waals surface area contributed by atoms with Crippen LogP contribution in [-0.2, 0) is 11.2 Å². The van der Waals surface area contributed by atoms with Crippen molar-refractivity contribution in [3.8, 4) is 5.75 Å². The summed E-state index contributed by atoms with van der Waals surface area (Å²) in [6.07, 6.45) is 4.52. The van der Waals surface area contributed by atoms with E-state index in [1.165, 1.54) is 6.07 Å². The smallest absolute Gasteiger partial charge is 0.226 e. The number of H-pyrrole nitrogens is 1. The number of anilines is 2. The minimum absolute atomic E-state index is 0.0163. The average molecular weight is 458 g/mol. The molecule has 0 bridgehead atoms. The summed E-state index contributed by atoms with van der Waals surface area (Å²) in [5.74, 6) is 0.908. The summed E-state index contributed by atoms with van der Waals surface area (Å²) < 4.78 is 20.1. The van der Waals surface area contributed by atoms with Gasteiger partial charge in [-0.1, -0.05) is 23.7 Å². The van der Waals surface area contributed by atoms with Crippen molar-refractivity contribution in [2.75, 3.05) is 12.4 Å². The molecule has 9 heteroatoms. The SMILES string of the molecule is CNC(=O)[C@]1(Cc2cccc(Nc3cc[nH]n3)n2)CC[C@@H](Oc2cccc(Cl)c2F)CC1. The second-order valence-corrected chi connectivity index (χ2v) is 8.41. The van der Waals surface area contributed by atoms with Crippen LogP contribution in [-0.4, -0.2) is 34.2 Å². The van der Waals surface area contributed by atoms with Crippen LogP contribution in [0.25, 0.3) is 0 Å². The van der Waals surface area contributed by atoms with Crippen LogP contribution < -0.4 is 15.4 Å². The predicted molar refractivity (Wildman–Crippen MR) is 121 cm³/mol. The Bertz CT molecular complexity index is 1070. The highest BCUT2D eigenvalue weighted by Crippen LogP contribution is 2.41. The molecule has 1 aromatic carbocycles. The summed E-state index contributed by atoms with van der Waals surface area (Å²) in [5.41, 5.74) is 0.216. The van der Waals surface area contributed by atoms with E-state index in [0.717, 1.165) is 5.69 Å². The lowest BCUT2D eigenvalue weighted by Crippen LogP contribution is -2.45. The van der Waals surface area contributed by atoms with Gasteiger partial charge in [-0.05, 0) is 49.9 Å². The van der Waals surface area contributed by atoms with Crippen LogP contribution >= 0.6 is 11.6 Å². The molecule has 32 heavy (non-hydrogen) atoms. The maximum atomic E-state index is 14.2.